The number of nitrogens with one attached hydrogen (secondary N) is 1. The minimum atomic E-state index is -3.59. The Hall–Kier alpha value is -2.01. The van der Waals surface area contributed by atoms with Gasteiger partial charge in [-0.05, 0) is 56.2 Å². The molecule has 0 amide bonds. The maximum atomic E-state index is 12.4. The van der Waals surface area contributed by atoms with E-state index in [-0.39, 0.29) is 4.90 Å². The molecule has 0 aromatic heterocycles. The van der Waals surface area contributed by atoms with Crippen LogP contribution in [0.4, 0.5) is 11.4 Å². The Balaban J connectivity index is 2.38. The van der Waals surface area contributed by atoms with Crippen LogP contribution in [0.1, 0.15) is 16.7 Å². The minimum absolute atomic E-state index is 0.212. The molecule has 0 atom stereocenters. The van der Waals surface area contributed by atoms with E-state index in [4.69, 9.17) is 5.73 Å². The van der Waals surface area contributed by atoms with Crippen LogP contribution in [0.15, 0.2) is 41.3 Å². The van der Waals surface area contributed by atoms with E-state index < -0.39 is 10.0 Å². The number of sulfonamides is 1. The molecule has 0 heterocycles. The highest BCUT2D eigenvalue weighted by atomic mass is 32.2. The maximum absolute atomic E-state index is 12.4. The van der Waals surface area contributed by atoms with E-state index in [0.717, 1.165) is 16.7 Å². The van der Waals surface area contributed by atoms with Gasteiger partial charge in [0, 0.05) is 5.69 Å². The summed E-state index contributed by atoms with van der Waals surface area (Å²) >= 11 is 0. The van der Waals surface area contributed by atoms with Gasteiger partial charge >= 0.3 is 0 Å². The van der Waals surface area contributed by atoms with Gasteiger partial charge in [-0.1, -0.05) is 17.7 Å². The molecule has 106 valence electrons. The summed E-state index contributed by atoms with van der Waals surface area (Å²) < 4.78 is 27.3. The van der Waals surface area contributed by atoms with Gasteiger partial charge in [0.05, 0.1) is 10.6 Å². The van der Waals surface area contributed by atoms with Gasteiger partial charge in [-0.15, -0.1) is 0 Å². The van der Waals surface area contributed by atoms with Crippen molar-refractivity contribution in [2.75, 3.05) is 10.5 Å². The molecule has 0 spiro atoms. The van der Waals surface area contributed by atoms with E-state index in [9.17, 15) is 8.42 Å². The maximum Gasteiger partial charge on any atom is 0.261 e. The first-order valence-electron chi connectivity index (χ1n) is 6.26. The molecule has 2 aromatic rings. The summed E-state index contributed by atoms with van der Waals surface area (Å²) in [4.78, 5) is 0.212. The Morgan fingerprint density at radius 3 is 2.25 bits per heavy atom. The van der Waals surface area contributed by atoms with Crippen LogP contribution in [-0.2, 0) is 10.0 Å². The van der Waals surface area contributed by atoms with Crippen LogP contribution in [0.2, 0.25) is 0 Å². The van der Waals surface area contributed by atoms with Gasteiger partial charge in [-0.2, -0.15) is 0 Å². The molecular weight excluding hydrogens is 272 g/mol. The van der Waals surface area contributed by atoms with Crippen LogP contribution in [0.25, 0.3) is 0 Å². The molecule has 3 N–H and O–H groups in total. The van der Waals surface area contributed by atoms with Crippen LogP contribution >= 0.6 is 0 Å². The fourth-order valence-electron chi connectivity index (χ4n) is 1.95. The minimum Gasteiger partial charge on any atom is -0.399 e. The first-order valence-corrected chi connectivity index (χ1v) is 7.74. The highest BCUT2D eigenvalue weighted by molar-refractivity contribution is 7.92. The molecule has 4 nitrogen and oxygen atoms in total. The quantitative estimate of drug-likeness (QED) is 0.854. The molecule has 0 aliphatic heterocycles. The second-order valence-corrected chi connectivity index (χ2v) is 6.62. The Bertz CT molecular complexity index is 752. The van der Waals surface area contributed by atoms with Crippen molar-refractivity contribution in [1.29, 1.82) is 0 Å². The summed E-state index contributed by atoms with van der Waals surface area (Å²) in [7, 11) is -3.59. The second-order valence-electron chi connectivity index (χ2n) is 4.94. The number of benzene rings is 2. The standard InChI is InChI=1S/C15H18N2O2S/c1-10-4-7-15(12(3)8-10)17-20(18,19)13-5-6-14(16)11(2)9-13/h4-9,17H,16H2,1-3H3. The van der Waals surface area contributed by atoms with E-state index in [0.29, 0.717) is 11.4 Å². The van der Waals surface area contributed by atoms with Gasteiger partial charge in [-0.3, -0.25) is 4.72 Å². The number of hydrogen-bond acceptors (Lipinski definition) is 3. The van der Waals surface area contributed by atoms with Crippen LogP contribution in [0.5, 0.6) is 0 Å². The first kappa shape index (κ1) is 14.4. The molecule has 0 radical (unpaired) electrons. The zero-order valence-electron chi connectivity index (χ0n) is 11.8. The van der Waals surface area contributed by atoms with Gasteiger partial charge in [0.1, 0.15) is 0 Å². The molecule has 0 saturated carbocycles. The molecule has 2 rings (SSSR count). The number of anilines is 2. The van der Waals surface area contributed by atoms with E-state index >= 15 is 0 Å². The zero-order chi connectivity index (χ0) is 14.9. The summed E-state index contributed by atoms with van der Waals surface area (Å²) in [6.07, 6.45) is 0. The lowest BCUT2D eigenvalue weighted by molar-refractivity contribution is 0.601. The summed E-state index contributed by atoms with van der Waals surface area (Å²) in [6.45, 7) is 5.62. The molecule has 0 saturated heterocycles. The number of aryl methyl sites for hydroxylation is 3. The number of hydrogen-bond donors (Lipinski definition) is 2. The van der Waals surface area contributed by atoms with Crippen molar-refractivity contribution in [2.45, 2.75) is 25.7 Å². The fraction of sp³-hybridized carbons (Fsp3) is 0.200. The second kappa shape index (κ2) is 5.17. The monoisotopic (exact) mass is 290 g/mol. The third-order valence-corrected chi connectivity index (χ3v) is 4.54. The first-order chi connectivity index (χ1) is 9.29. The fourth-order valence-corrected chi connectivity index (χ4v) is 3.16. The molecule has 0 aliphatic rings. The van der Waals surface area contributed by atoms with Crippen molar-refractivity contribution in [3.63, 3.8) is 0 Å². The molecule has 2 aromatic carbocycles. The van der Waals surface area contributed by atoms with Crippen molar-refractivity contribution in [1.82, 2.24) is 0 Å². The van der Waals surface area contributed by atoms with Crippen molar-refractivity contribution >= 4 is 21.4 Å². The van der Waals surface area contributed by atoms with E-state index in [1.165, 1.54) is 6.07 Å². The van der Waals surface area contributed by atoms with E-state index in [2.05, 4.69) is 4.72 Å². The normalized spacial score (nSPS) is 11.3. The average molecular weight is 290 g/mol. The zero-order valence-corrected chi connectivity index (χ0v) is 12.6. The van der Waals surface area contributed by atoms with Gasteiger partial charge in [0.25, 0.3) is 10.0 Å². The molecule has 5 heteroatoms. The van der Waals surface area contributed by atoms with Crippen molar-refractivity contribution < 1.29 is 8.42 Å². The summed E-state index contributed by atoms with van der Waals surface area (Å²) in [6, 6.07) is 10.3. The summed E-state index contributed by atoms with van der Waals surface area (Å²) in [5, 5.41) is 0. The lowest BCUT2D eigenvalue weighted by Gasteiger charge is -2.12. The predicted octanol–water partition coefficient (Wildman–Crippen LogP) is 2.99. The Morgan fingerprint density at radius 1 is 0.950 bits per heavy atom. The lowest BCUT2D eigenvalue weighted by atomic mass is 10.1. The van der Waals surface area contributed by atoms with Crippen molar-refractivity contribution in [3.8, 4) is 0 Å². The Morgan fingerprint density at radius 2 is 1.65 bits per heavy atom. The molecule has 0 fully saturated rings. The smallest absolute Gasteiger partial charge is 0.261 e. The van der Waals surface area contributed by atoms with Crippen LogP contribution in [-0.4, -0.2) is 8.42 Å². The summed E-state index contributed by atoms with van der Waals surface area (Å²) in [5.74, 6) is 0. The highest BCUT2D eigenvalue weighted by Crippen LogP contribution is 2.22. The summed E-state index contributed by atoms with van der Waals surface area (Å²) in [5.41, 5.74) is 9.60. The van der Waals surface area contributed by atoms with Crippen LogP contribution in [0, 0.1) is 20.8 Å². The van der Waals surface area contributed by atoms with Gasteiger partial charge in [0.2, 0.25) is 0 Å². The Labute approximate surface area is 119 Å². The highest BCUT2D eigenvalue weighted by Gasteiger charge is 2.15. The van der Waals surface area contributed by atoms with Crippen molar-refractivity contribution in [2.24, 2.45) is 0 Å². The van der Waals surface area contributed by atoms with Crippen molar-refractivity contribution in [3.05, 3.63) is 53.1 Å². The SMILES string of the molecule is Cc1ccc(NS(=O)(=O)c2ccc(N)c(C)c2)c(C)c1. The topological polar surface area (TPSA) is 72.2 Å². The molecule has 0 unspecified atom stereocenters. The van der Waals surface area contributed by atoms with E-state index in [1.54, 1.807) is 25.1 Å². The van der Waals surface area contributed by atoms with E-state index in [1.807, 2.05) is 26.0 Å². The number of nitrogen functional groups attached to an aromatic ring is 1. The lowest BCUT2D eigenvalue weighted by Crippen LogP contribution is -2.14. The largest absolute Gasteiger partial charge is 0.399 e. The van der Waals surface area contributed by atoms with Crippen LogP contribution in [0.3, 0.4) is 0 Å². The van der Waals surface area contributed by atoms with Gasteiger partial charge in [-0.25, -0.2) is 8.42 Å². The molecule has 0 bridgehead atoms. The average Bonchev–Trinajstić information content (AvgIpc) is 2.36. The van der Waals surface area contributed by atoms with Gasteiger partial charge in [0.15, 0.2) is 0 Å². The molecule has 20 heavy (non-hydrogen) atoms. The number of nitrogens with two attached hydrogens (primary N) is 1. The third kappa shape index (κ3) is 2.93. The Kier molecular flexibility index (Phi) is 3.72. The number of rotatable bonds is 3. The predicted molar refractivity (Wildman–Crippen MR) is 82.3 cm³/mol. The third-order valence-electron chi connectivity index (χ3n) is 3.18. The van der Waals surface area contributed by atoms with Gasteiger partial charge < -0.3 is 5.73 Å². The molecular formula is C15H18N2O2S. The molecule has 0 aliphatic carbocycles. The van der Waals surface area contributed by atoms with Crippen LogP contribution < -0.4 is 10.5 Å².